The Morgan fingerprint density at radius 3 is 1.70 bits per heavy atom. The lowest BCUT2D eigenvalue weighted by Crippen LogP contribution is -2.39. The maximum absolute atomic E-state index is 15.4. The van der Waals surface area contributed by atoms with E-state index in [1.54, 1.807) is 48.5 Å². The number of halogens is 2. The lowest BCUT2D eigenvalue weighted by molar-refractivity contribution is 0.205. The smallest absolute Gasteiger partial charge is 0.218 e. The Morgan fingerprint density at radius 2 is 1.30 bits per heavy atom. The molecule has 0 bridgehead atoms. The zero-order chi connectivity index (χ0) is 24.1. The zero-order valence-electron chi connectivity index (χ0n) is 18.5. The number of rotatable bonds is 10. The van der Waals surface area contributed by atoms with Gasteiger partial charge in [-0.3, -0.25) is 0 Å². The minimum absolute atomic E-state index is 0.0126. The number of methoxy groups -OCH3 is 2. The molecule has 0 aliphatic rings. The SMILES string of the molecule is COc1ccc(CN(Cc2ccc(OC)cc2)S(=O)(=O)C[C@@](C)(F)c2ncc(F)cn2)cc1. The molecule has 176 valence electrons. The first-order valence-electron chi connectivity index (χ1n) is 10.0. The highest BCUT2D eigenvalue weighted by molar-refractivity contribution is 7.89. The van der Waals surface area contributed by atoms with Gasteiger partial charge in [0.15, 0.2) is 17.3 Å². The number of hydrogen-bond donors (Lipinski definition) is 0. The van der Waals surface area contributed by atoms with Crippen LogP contribution in [0, 0.1) is 5.82 Å². The molecule has 3 rings (SSSR count). The van der Waals surface area contributed by atoms with Crippen LogP contribution in [0.1, 0.15) is 23.9 Å². The summed E-state index contributed by atoms with van der Waals surface area (Å²) in [4.78, 5) is 7.26. The Labute approximate surface area is 192 Å². The first-order chi connectivity index (χ1) is 15.6. The number of aromatic nitrogens is 2. The molecule has 0 radical (unpaired) electrons. The fourth-order valence-electron chi connectivity index (χ4n) is 3.20. The number of ether oxygens (including phenoxy) is 2. The third kappa shape index (κ3) is 6.45. The molecule has 0 fully saturated rings. The summed E-state index contributed by atoms with van der Waals surface area (Å²) in [6.07, 6.45) is 1.61. The summed E-state index contributed by atoms with van der Waals surface area (Å²) >= 11 is 0. The zero-order valence-corrected chi connectivity index (χ0v) is 19.4. The Hall–Kier alpha value is -3.11. The van der Waals surface area contributed by atoms with Gasteiger partial charge in [-0.2, -0.15) is 4.31 Å². The minimum atomic E-state index is -4.14. The van der Waals surface area contributed by atoms with Crippen molar-refractivity contribution in [1.82, 2.24) is 14.3 Å². The van der Waals surface area contributed by atoms with E-state index >= 15 is 4.39 Å². The summed E-state index contributed by atoms with van der Waals surface area (Å²) in [5, 5.41) is 0. The van der Waals surface area contributed by atoms with E-state index in [1.165, 1.54) is 18.5 Å². The molecule has 0 saturated carbocycles. The topological polar surface area (TPSA) is 81.6 Å². The predicted molar refractivity (Wildman–Crippen MR) is 119 cm³/mol. The van der Waals surface area contributed by atoms with Crippen LogP contribution in [0.4, 0.5) is 8.78 Å². The van der Waals surface area contributed by atoms with Gasteiger partial charge in [0.05, 0.1) is 26.6 Å². The molecule has 1 heterocycles. The number of hydrogen-bond acceptors (Lipinski definition) is 6. The minimum Gasteiger partial charge on any atom is -0.497 e. The molecule has 0 aliphatic carbocycles. The molecular weight excluding hydrogens is 452 g/mol. The van der Waals surface area contributed by atoms with E-state index in [1.807, 2.05) is 0 Å². The summed E-state index contributed by atoms with van der Waals surface area (Å²) < 4.78 is 66.7. The highest BCUT2D eigenvalue weighted by Gasteiger charge is 2.38. The largest absolute Gasteiger partial charge is 0.497 e. The molecule has 0 N–H and O–H groups in total. The van der Waals surface area contributed by atoms with E-state index in [4.69, 9.17) is 9.47 Å². The Bertz CT molecular complexity index is 1100. The second kappa shape index (κ2) is 10.2. The average molecular weight is 478 g/mol. The molecular formula is C23H25F2N3O4S. The van der Waals surface area contributed by atoms with Gasteiger partial charge in [-0.1, -0.05) is 24.3 Å². The molecule has 2 aromatic carbocycles. The molecule has 0 unspecified atom stereocenters. The van der Waals surface area contributed by atoms with Crippen LogP contribution in [0.25, 0.3) is 0 Å². The van der Waals surface area contributed by atoms with E-state index in [0.717, 1.165) is 19.3 Å². The van der Waals surface area contributed by atoms with E-state index in [9.17, 15) is 12.8 Å². The molecule has 33 heavy (non-hydrogen) atoms. The van der Waals surface area contributed by atoms with Gasteiger partial charge >= 0.3 is 0 Å². The van der Waals surface area contributed by atoms with Gasteiger partial charge in [0.1, 0.15) is 17.3 Å². The molecule has 0 aliphatic heterocycles. The fourth-order valence-corrected chi connectivity index (χ4v) is 4.89. The van der Waals surface area contributed by atoms with E-state index in [2.05, 4.69) is 9.97 Å². The number of sulfonamides is 1. The Morgan fingerprint density at radius 1 is 0.879 bits per heavy atom. The number of benzene rings is 2. The predicted octanol–water partition coefficient (Wildman–Crippen LogP) is 3.85. The van der Waals surface area contributed by atoms with Gasteiger partial charge < -0.3 is 9.47 Å². The molecule has 3 aromatic rings. The maximum Gasteiger partial charge on any atom is 0.218 e. The van der Waals surface area contributed by atoms with E-state index < -0.39 is 33.1 Å². The summed E-state index contributed by atoms with van der Waals surface area (Å²) in [5.74, 6) is -0.779. The van der Waals surface area contributed by atoms with Crippen LogP contribution in [0.5, 0.6) is 11.5 Å². The molecule has 1 aromatic heterocycles. The van der Waals surface area contributed by atoms with Crippen LogP contribution in [0.15, 0.2) is 60.9 Å². The van der Waals surface area contributed by atoms with Crippen LogP contribution >= 0.6 is 0 Å². The van der Waals surface area contributed by atoms with Crippen molar-refractivity contribution < 1.29 is 26.7 Å². The normalized spacial score (nSPS) is 13.5. The van der Waals surface area contributed by atoms with Crippen LogP contribution in [0.2, 0.25) is 0 Å². The van der Waals surface area contributed by atoms with Crippen LogP contribution in [0.3, 0.4) is 0 Å². The summed E-state index contributed by atoms with van der Waals surface area (Å²) in [7, 11) is -1.07. The number of nitrogens with zero attached hydrogens (tertiary/aromatic N) is 3. The van der Waals surface area contributed by atoms with Gasteiger partial charge in [-0.05, 0) is 42.3 Å². The molecule has 0 amide bonds. The molecule has 0 saturated heterocycles. The third-order valence-corrected chi connectivity index (χ3v) is 6.92. The monoisotopic (exact) mass is 477 g/mol. The van der Waals surface area contributed by atoms with E-state index in [0.29, 0.717) is 22.6 Å². The summed E-state index contributed by atoms with van der Waals surface area (Å²) in [6, 6.07) is 13.9. The standard InChI is InChI=1S/C23H25F2N3O4S/c1-23(25,22-26-12-19(24)13-27-22)16-33(29,30)28(14-17-4-8-20(31-2)9-5-17)15-18-6-10-21(32-3)11-7-18/h4-13H,14-16H2,1-3H3/t23-/m1/s1. The van der Waals surface area contributed by atoms with Crippen LogP contribution < -0.4 is 9.47 Å². The second-order valence-corrected chi connectivity index (χ2v) is 9.61. The number of alkyl halides is 1. The van der Waals surface area contributed by atoms with Crippen molar-refractivity contribution in [3.63, 3.8) is 0 Å². The van der Waals surface area contributed by atoms with Crippen molar-refractivity contribution in [2.45, 2.75) is 25.7 Å². The molecule has 10 heteroatoms. The third-order valence-electron chi connectivity index (χ3n) is 4.97. The van der Waals surface area contributed by atoms with Gasteiger partial charge in [0, 0.05) is 13.1 Å². The molecule has 1 atom stereocenters. The quantitative estimate of drug-likeness (QED) is 0.441. The van der Waals surface area contributed by atoms with Gasteiger partial charge in [-0.25, -0.2) is 27.2 Å². The average Bonchev–Trinajstić information content (AvgIpc) is 2.79. The fraction of sp³-hybridized carbons (Fsp3) is 0.304. The van der Waals surface area contributed by atoms with Crippen LogP contribution in [-0.2, 0) is 28.8 Å². The lowest BCUT2D eigenvalue weighted by Gasteiger charge is -2.26. The van der Waals surface area contributed by atoms with Crippen molar-refractivity contribution in [2.24, 2.45) is 0 Å². The van der Waals surface area contributed by atoms with Crippen molar-refractivity contribution in [3.05, 3.63) is 83.7 Å². The van der Waals surface area contributed by atoms with Crippen molar-refractivity contribution in [1.29, 1.82) is 0 Å². The van der Waals surface area contributed by atoms with Crippen molar-refractivity contribution >= 4 is 10.0 Å². The van der Waals surface area contributed by atoms with E-state index in [-0.39, 0.29) is 13.1 Å². The van der Waals surface area contributed by atoms with Gasteiger partial charge in [0.2, 0.25) is 10.0 Å². The van der Waals surface area contributed by atoms with Gasteiger partial charge in [0.25, 0.3) is 0 Å². The van der Waals surface area contributed by atoms with Crippen molar-refractivity contribution in [3.8, 4) is 11.5 Å². The highest BCUT2D eigenvalue weighted by Crippen LogP contribution is 2.27. The van der Waals surface area contributed by atoms with Crippen LogP contribution in [-0.4, -0.2) is 42.7 Å². The lowest BCUT2D eigenvalue weighted by atomic mass is 10.1. The maximum atomic E-state index is 15.4. The van der Waals surface area contributed by atoms with Gasteiger partial charge in [-0.15, -0.1) is 0 Å². The first-order valence-corrected chi connectivity index (χ1v) is 11.6. The first kappa shape index (κ1) is 24.5. The highest BCUT2D eigenvalue weighted by atomic mass is 32.2. The Kier molecular flexibility index (Phi) is 7.60. The summed E-state index contributed by atoms with van der Waals surface area (Å²) in [6.45, 7) is 1.09. The molecule has 7 nitrogen and oxygen atoms in total. The summed E-state index contributed by atoms with van der Waals surface area (Å²) in [5.41, 5.74) is -1.03. The second-order valence-electron chi connectivity index (χ2n) is 7.64. The van der Waals surface area contributed by atoms with Crippen molar-refractivity contribution in [2.75, 3.05) is 20.0 Å². The Balaban J connectivity index is 1.89. The molecule has 0 spiro atoms.